The summed E-state index contributed by atoms with van der Waals surface area (Å²) in [5.41, 5.74) is 1.49. The van der Waals surface area contributed by atoms with E-state index < -0.39 is 11.8 Å². The molecular weight excluding hydrogens is 436 g/mol. The lowest BCUT2D eigenvalue weighted by molar-refractivity contribution is -0.117. The van der Waals surface area contributed by atoms with Crippen LogP contribution in [-0.4, -0.2) is 31.9 Å². The molecule has 9 heteroatoms. The lowest BCUT2D eigenvalue weighted by Gasteiger charge is -2.10. The average Bonchev–Trinajstić information content (AvgIpc) is 3.51. The van der Waals surface area contributed by atoms with Crippen molar-refractivity contribution in [1.82, 2.24) is 10.6 Å². The van der Waals surface area contributed by atoms with E-state index in [9.17, 15) is 14.9 Å². The van der Waals surface area contributed by atoms with Gasteiger partial charge in [0.05, 0.1) is 32.7 Å². The van der Waals surface area contributed by atoms with E-state index in [-0.39, 0.29) is 23.7 Å². The topological polar surface area (TPSA) is 126 Å². The standard InChI is InChI=1S/C25H20N4O5/c1-32-20-10-9-15(12-21(20)33-2)24(30)29-23-18-8-4-3-7-17(18)22(28-23)19(13-26)25(31)27-14-16-6-5-11-34-16/h3-12H,14H2,1-2H3,(H,27,31)(H,28,29,30)/b22-19+. The highest BCUT2D eigenvalue weighted by atomic mass is 16.5. The van der Waals surface area contributed by atoms with Gasteiger partial charge < -0.3 is 24.5 Å². The molecule has 3 aromatic rings. The van der Waals surface area contributed by atoms with Crippen molar-refractivity contribution in [1.29, 1.82) is 5.26 Å². The summed E-state index contributed by atoms with van der Waals surface area (Å²) in [6.07, 6.45) is 1.50. The van der Waals surface area contributed by atoms with E-state index in [4.69, 9.17) is 13.9 Å². The van der Waals surface area contributed by atoms with Gasteiger partial charge >= 0.3 is 0 Å². The molecule has 0 radical (unpaired) electrons. The summed E-state index contributed by atoms with van der Waals surface area (Å²) in [4.78, 5) is 30.1. The number of aliphatic imine (C=N–C) groups is 1. The highest BCUT2D eigenvalue weighted by molar-refractivity contribution is 6.20. The molecule has 34 heavy (non-hydrogen) atoms. The molecule has 9 nitrogen and oxygen atoms in total. The Morgan fingerprint density at radius 1 is 1.03 bits per heavy atom. The van der Waals surface area contributed by atoms with Crippen LogP contribution < -0.4 is 20.1 Å². The Balaban J connectivity index is 1.64. The number of nitrogens with one attached hydrogen (secondary N) is 2. The van der Waals surface area contributed by atoms with Crippen LogP contribution in [0.5, 0.6) is 11.5 Å². The van der Waals surface area contributed by atoms with Gasteiger partial charge in [0.25, 0.3) is 11.8 Å². The Bertz CT molecular complexity index is 1350. The van der Waals surface area contributed by atoms with Crippen molar-refractivity contribution >= 4 is 23.3 Å². The zero-order valence-electron chi connectivity index (χ0n) is 18.4. The van der Waals surface area contributed by atoms with Crippen molar-refractivity contribution in [3.05, 3.63) is 88.9 Å². The van der Waals surface area contributed by atoms with Gasteiger partial charge in [-0.15, -0.1) is 0 Å². The van der Waals surface area contributed by atoms with Gasteiger partial charge in [0.15, 0.2) is 11.5 Å². The van der Waals surface area contributed by atoms with Crippen LogP contribution in [0.1, 0.15) is 27.2 Å². The van der Waals surface area contributed by atoms with Crippen LogP contribution in [0, 0.1) is 11.3 Å². The predicted octanol–water partition coefficient (Wildman–Crippen LogP) is 3.04. The average molecular weight is 456 g/mol. The number of hydrogen-bond acceptors (Lipinski definition) is 7. The summed E-state index contributed by atoms with van der Waals surface area (Å²) in [5.74, 6) is 0.652. The normalized spacial score (nSPS) is 13.3. The Hall–Kier alpha value is -4.84. The number of carbonyl (C=O) groups excluding carboxylic acids is 2. The molecule has 0 spiro atoms. The molecule has 4 rings (SSSR count). The number of amides is 2. The second-order valence-electron chi connectivity index (χ2n) is 7.13. The lowest BCUT2D eigenvalue weighted by atomic mass is 10.0. The molecule has 1 aliphatic rings. The van der Waals surface area contributed by atoms with E-state index in [1.807, 2.05) is 6.07 Å². The van der Waals surface area contributed by atoms with Crippen molar-refractivity contribution < 1.29 is 23.5 Å². The zero-order chi connectivity index (χ0) is 24.1. The van der Waals surface area contributed by atoms with E-state index >= 15 is 0 Å². The molecule has 2 amide bonds. The first-order chi connectivity index (χ1) is 16.5. The molecular formula is C25H20N4O5. The number of benzene rings is 2. The van der Waals surface area contributed by atoms with Crippen molar-refractivity contribution in [3.8, 4) is 17.6 Å². The van der Waals surface area contributed by atoms with Crippen LogP contribution in [0.15, 0.2) is 75.8 Å². The van der Waals surface area contributed by atoms with Crippen molar-refractivity contribution in [2.24, 2.45) is 4.99 Å². The number of carbonyl (C=O) groups is 2. The van der Waals surface area contributed by atoms with Crippen LogP contribution in [0.2, 0.25) is 0 Å². The van der Waals surface area contributed by atoms with Gasteiger partial charge in [0.2, 0.25) is 0 Å². The minimum Gasteiger partial charge on any atom is -0.493 e. The second-order valence-corrected chi connectivity index (χ2v) is 7.13. The maximum Gasteiger partial charge on any atom is 0.264 e. The number of amidine groups is 1. The van der Waals surface area contributed by atoms with Crippen LogP contribution >= 0.6 is 0 Å². The Labute approximate surface area is 195 Å². The summed E-state index contributed by atoms with van der Waals surface area (Å²) < 4.78 is 15.7. The first kappa shape index (κ1) is 22.4. The van der Waals surface area contributed by atoms with Crippen molar-refractivity contribution in [2.45, 2.75) is 6.54 Å². The number of rotatable bonds is 6. The van der Waals surface area contributed by atoms with Crippen LogP contribution in [0.3, 0.4) is 0 Å². The number of methoxy groups -OCH3 is 2. The molecule has 1 aromatic heterocycles. The maximum absolute atomic E-state index is 12.9. The molecule has 0 saturated carbocycles. The molecule has 2 aromatic carbocycles. The van der Waals surface area contributed by atoms with E-state index in [1.165, 1.54) is 20.5 Å². The summed E-state index contributed by atoms with van der Waals surface area (Å²) >= 11 is 0. The van der Waals surface area contributed by atoms with E-state index in [1.54, 1.807) is 54.6 Å². The molecule has 0 fully saturated rings. The number of ether oxygens (including phenoxy) is 2. The number of nitrogens with zero attached hydrogens (tertiary/aromatic N) is 2. The van der Waals surface area contributed by atoms with Crippen LogP contribution in [-0.2, 0) is 11.3 Å². The summed E-state index contributed by atoms with van der Waals surface area (Å²) in [6, 6.07) is 17.2. The molecule has 170 valence electrons. The largest absolute Gasteiger partial charge is 0.493 e. The molecule has 2 N–H and O–H groups in total. The van der Waals surface area contributed by atoms with Crippen molar-refractivity contribution in [2.75, 3.05) is 14.2 Å². The molecule has 0 unspecified atom stereocenters. The van der Waals surface area contributed by atoms with Gasteiger partial charge in [-0.2, -0.15) is 5.26 Å². The smallest absolute Gasteiger partial charge is 0.264 e. The maximum atomic E-state index is 12.9. The third kappa shape index (κ3) is 4.38. The fraction of sp³-hybridized carbons (Fsp3) is 0.120. The first-order valence-electron chi connectivity index (χ1n) is 10.2. The molecule has 0 bridgehead atoms. The number of hydrogen-bond donors (Lipinski definition) is 2. The van der Waals surface area contributed by atoms with Gasteiger partial charge in [0, 0.05) is 16.7 Å². The van der Waals surface area contributed by atoms with E-state index in [2.05, 4.69) is 15.6 Å². The monoisotopic (exact) mass is 456 g/mol. The molecule has 0 atom stereocenters. The quantitative estimate of drug-likeness (QED) is 0.434. The van der Waals surface area contributed by atoms with Gasteiger partial charge in [-0.25, -0.2) is 4.99 Å². The molecule has 2 heterocycles. The minimum atomic E-state index is -0.597. The first-order valence-corrected chi connectivity index (χ1v) is 10.2. The fourth-order valence-electron chi connectivity index (χ4n) is 3.45. The Kier molecular flexibility index (Phi) is 6.41. The third-order valence-electron chi connectivity index (χ3n) is 5.12. The molecule has 1 aliphatic heterocycles. The summed E-state index contributed by atoms with van der Waals surface area (Å²) in [5, 5.41) is 15.1. The highest BCUT2D eigenvalue weighted by Crippen LogP contribution is 2.31. The second kappa shape index (κ2) is 9.75. The van der Waals surface area contributed by atoms with Gasteiger partial charge in [-0.1, -0.05) is 24.3 Å². The molecule has 0 saturated heterocycles. The molecule has 0 aliphatic carbocycles. The van der Waals surface area contributed by atoms with E-state index in [0.29, 0.717) is 33.9 Å². The summed E-state index contributed by atoms with van der Waals surface area (Å²) in [6.45, 7) is 0.124. The SMILES string of the molecule is COc1ccc(C(=O)NC2=N/C(=C(\C#N)C(=O)NCc3ccco3)c3ccccc32)cc1OC. The van der Waals surface area contributed by atoms with Crippen LogP contribution in [0.25, 0.3) is 5.70 Å². The zero-order valence-corrected chi connectivity index (χ0v) is 18.4. The predicted molar refractivity (Wildman–Crippen MR) is 123 cm³/mol. The third-order valence-corrected chi connectivity index (χ3v) is 5.12. The number of fused-ring (bicyclic) bond motifs is 1. The van der Waals surface area contributed by atoms with Gasteiger partial charge in [0.1, 0.15) is 23.2 Å². The Morgan fingerprint density at radius 3 is 2.47 bits per heavy atom. The Morgan fingerprint density at radius 2 is 1.79 bits per heavy atom. The van der Waals surface area contributed by atoms with Crippen molar-refractivity contribution in [3.63, 3.8) is 0 Å². The van der Waals surface area contributed by atoms with Crippen LogP contribution in [0.4, 0.5) is 0 Å². The summed E-state index contributed by atoms with van der Waals surface area (Å²) in [7, 11) is 2.99. The number of furan rings is 1. The van der Waals surface area contributed by atoms with Gasteiger partial charge in [-0.05, 0) is 30.3 Å². The fourth-order valence-corrected chi connectivity index (χ4v) is 3.45. The minimum absolute atomic E-state index is 0.124. The van der Waals surface area contributed by atoms with E-state index in [0.717, 1.165) is 0 Å². The lowest BCUT2D eigenvalue weighted by Crippen LogP contribution is -2.30. The number of nitriles is 1. The highest BCUT2D eigenvalue weighted by Gasteiger charge is 2.27. The van der Waals surface area contributed by atoms with Gasteiger partial charge in [-0.3, -0.25) is 9.59 Å².